The third-order valence-electron chi connectivity index (χ3n) is 6.15. The van der Waals surface area contributed by atoms with Gasteiger partial charge in [-0.05, 0) is 66.7 Å². The highest BCUT2D eigenvalue weighted by Gasteiger charge is 2.18. The third kappa shape index (κ3) is 5.31. The molecule has 3 aromatic carbocycles. The van der Waals surface area contributed by atoms with Crippen LogP contribution in [0.2, 0.25) is 0 Å². The maximum Gasteiger partial charge on any atom is 0.253 e. The second-order valence-corrected chi connectivity index (χ2v) is 9.15. The highest BCUT2D eigenvalue weighted by atomic mass is 32.1. The van der Waals surface area contributed by atoms with Crippen LogP contribution in [-0.2, 0) is 13.1 Å². The van der Waals surface area contributed by atoms with E-state index in [1.54, 1.807) is 20.3 Å². The Hall–Kier alpha value is -4.24. The van der Waals surface area contributed by atoms with Gasteiger partial charge in [0.25, 0.3) is 5.56 Å². The summed E-state index contributed by atoms with van der Waals surface area (Å²) in [5.74, 6) is 2.54. The number of aryl methyl sites for hydroxylation is 1. The Kier molecular flexibility index (Phi) is 6.87. The van der Waals surface area contributed by atoms with Crippen LogP contribution < -0.4 is 29.8 Å². The fourth-order valence-electron chi connectivity index (χ4n) is 4.29. The van der Waals surface area contributed by atoms with Crippen LogP contribution in [0.25, 0.3) is 10.9 Å². The standard InChI is InChI=1S/C28H27N3O5S/c1-17-5-4-6-21(9-17)29-28(37)31(14-18-7-8-23-26(10-18)36-16-35-23)15-20-11-19-12-24(33-2)25(34-3)13-22(19)30-27(20)32/h4-13H,14-16H2,1-3H3,(H,29,37)(H,30,32). The molecule has 0 saturated carbocycles. The predicted molar refractivity (Wildman–Crippen MR) is 147 cm³/mol. The molecule has 0 amide bonds. The summed E-state index contributed by atoms with van der Waals surface area (Å²) in [7, 11) is 3.14. The number of nitrogens with zero attached hydrogens (tertiary/aromatic N) is 1. The molecular formula is C28H27N3O5S. The molecule has 0 bridgehead atoms. The number of rotatable bonds is 7. The number of H-pyrrole nitrogens is 1. The first-order valence-corrected chi connectivity index (χ1v) is 12.1. The Morgan fingerprint density at radius 2 is 1.78 bits per heavy atom. The number of fused-ring (bicyclic) bond motifs is 2. The van der Waals surface area contributed by atoms with Crippen molar-refractivity contribution in [2.75, 3.05) is 26.3 Å². The van der Waals surface area contributed by atoms with Gasteiger partial charge in [-0.2, -0.15) is 0 Å². The largest absolute Gasteiger partial charge is 0.493 e. The van der Waals surface area contributed by atoms with Gasteiger partial charge >= 0.3 is 0 Å². The fourth-order valence-corrected chi connectivity index (χ4v) is 4.53. The Morgan fingerprint density at radius 1 is 1.00 bits per heavy atom. The molecular weight excluding hydrogens is 490 g/mol. The lowest BCUT2D eigenvalue weighted by Crippen LogP contribution is -2.35. The number of aromatic nitrogens is 1. The molecule has 190 valence electrons. The topological polar surface area (TPSA) is 85.0 Å². The highest BCUT2D eigenvalue weighted by molar-refractivity contribution is 7.80. The Labute approximate surface area is 219 Å². The number of aromatic amines is 1. The van der Waals surface area contributed by atoms with E-state index in [-0.39, 0.29) is 18.9 Å². The Bertz CT molecular complexity index is 1530. The third-order valence-corrected chi connectivity index (χ3v) is 6.51. The van der Waals surface area contributed by atoms with Crippen LogP contribution in [0.3, 0.4) is 0 Å². The molecule has 0 unspecified atom stereocenters. The van der Waals surface area contributed by atoms with Crippen LogP contribution in [0.5, 0.6) is 23.0 Å². The average molecular weight is 518 g/mol. The minimum absolute atomic E-state index is 0.200. The van der Waals surface area contributed by atoms with Crippen LogP contribution in [0, 0.1) is 6.92 Å². The van der Waals surface area contributed by atoms with Gasteiger partial charge in [-0.25, -0.2) is 0 Å². The molecule has 0 radical (unpaired) electrons. The zero-order valence-corrected chi connectivity index (χ0v) is 21.6. The number of benzene rings is 3. The molecule has 1 aliphatic rings. The lowest BCUT2D eigenvalue weighted by Gasteiger charge is -2.26. The first-order chi connectivity index (χ1) is 17.9. The van der Waals surface area contributed by atoms with E-state index < -0.39 is 0 Å². The summed E-state index contributed by atoms with van der Waals surface area (Å²) < 4.78 is 21.8. The summed E-state index contributed by atoms with van der Waals surface area (Å²) >= 11 is 5.82. The lowest BCUT2D eigenvalue weighted by atomic mass is 10.1. The number of methoxy groups -OCH3 is 2. The van der Waals surface area contributed by atoms with Crippen LogP contribution in [0.1, 0.15) is 16.7 Å². The SMILES string of the molecule is COc1cc2cc(CN(Cc3ccc4c(c3)OCO4)C(=S)Nc3cccc(C)c3)c(=O)[nH]c2cc1OC. The second kappa shape index (κ2) is 10.4. The van der Waals surface area contributed by atoms with E-state index in [0.717, 1.165) is 22.2 Å². The molecule has 0 atom stereocenters. The number of thiocarbonyl (C=S) groups is 1. The quantitative estimate of drug-likeness (QED) is 0.332. The molecule has 2 heterocycles. The van der Waals surface area contributed by atoms with Crippen molar-refractivity contribution in [2.24, 2.45) is 0 Å². The minimum atomic E-state index is -0.200. The molecule has 1 aliphatic heterocycles. The average Bonchev–Trinajstić information content (AvgIpc) is 3.36. The summed E-state index contributed by atoms with van der Waals surface area (Å²) in [6.45, 7) is 2.97. The number of pyridine rings is 1. The number of hydrogen-bond acceptors (Lipinski definition) is 6. The summed E-state index contributed by atoms with van der Waals surface area (Å²) in [4.78, 5) is 18.0. The van der Waals surface area contributed by atoms with E-state index in [2.05, 4.69) is 10.3 Å². The zero-order chi connectivity index (χ0) is 25.9. The van der Waals surface area contributed by atoms with Gasteiger partial charge in [0.2, 0.25) is 6.79 Å². The highest BCUT2D eigenvalue weighted by Crippen LogP contribution is 2.33. The van der Waals surface area contributed by atoms with Gasteiger partial charge in [0.1, 0.15) is 0 Å². The van der Waals surface area contributed by atoms with E-state index in [9.17, 15) is 4.79 Å². The van der Waals surface area contributed by atoms with Crippen LogP contribution in [0.4, 0.5) is 5.69 Å². The molecule has 8 nitrogen and oxygen atoms in total. The van der Waals surface area contributed by atoms with Crippen molar-refractivity contribution in [1.29, 1.82) is 0 Å². The van der Waals surface area contributed by atoms with Gasteiger partial charge in [0.15, 0.2) is 28.1 Å². The Morgan fingerprint density at radius 3 is 2.57 bits per heavy atom. The molecule has 37 heavy (non-hydrogen) atoms. The van der Waals surface area contributed by atoms with Crippen LogP contribution >= 0.6 is 12.2 Å². The fraction of sp³-hybridized carbons (Fsp3) is 0.214. The van der Waals surface area contributed by atoms with E-state index in [1.807, 2.05) is 66.4 Å². The molecule has 4 aromatic rings. The van der Waals surface area contributed by atoms with Crippen molar-refractivity contribution >= 4 is 33.9 Å². The molecule has 0 spiro atoms. The molecule has 0 aliphatic carbocycles. The van der Waals surface area contributed by atoms with Gasteiger partial charge in [0, 0.05) is 29.2 Å². The predicted octanol–water partition coefficient (Wildman–Crippen LogP) is 4.98. The van der Waals surface area contributed by atoms with Gasteiger partial charge in [0.05, 0.1) is 26.3 Å². The first-order valence-electron chi connectivity index (χ1n) is 11.7. The smallest absolute Gasteiger partial charge is 0.253 e. The van der Waals surface area contributed by atoms with Crippen LogP contribution in [-0.4, -0.2) is 36.0 Å². The van der Waals surface area contributed by atoms with Gasteiger partial charge in [-0.15, -0.1) is 0 Å². The number of ether oxygens (including phenoxy) is 4. The van der Waals surface area contributed by atoms with E-state index in [0.29, 0.717) is 45.7 Å². The van der Waals surface area contributed by atoms with Gasteiger partial charge in [-0.1, -0.05) is 18.2 Å². The van der Waals surface area contributed by atoms with Crippen molar-refractivity contribution in [3.8, 4) is 23.0 Å². The lowest BCUT2D eigenvalue weighted by molar-refractivity contribution is 0.174. The second-order valence-electron chi connectivity index (χ2n) is 8.76. The number of nitrogens with one attached hydrogen (secondary N) is 2. The van der Waals surface area contributed by atoms with Crippen molar-refractivity contribution in [3.05, 3.63) is 87.7 Å². The van der Waals surface area contributed by atoms with E-state index in [4.69, 9.17) is 31.2 Å². The molecule has 0 saturated heterocycles. The number of anilines is 1. The minimum Gasteiger partial charge on any atom is -0.493 e. The maximum atomic E-state index is 13.1. The first kappa shape index (κ1) is 24.5. The Balaban J connectivity index is 1.48. The van der Waals surface area contributed by atoms with Crippen molar-refractivity contribution in [2.45, 2.75) is 20.0 Å². The normalized spacial score (nSPS) is 11.9. The maximum absolute atomic E-state index is 13.1. The van der Waals surface area contributed by atoms with Crippen LogP contribution in [0.15, 0.2) is 65.5 Å². The summed E-state index contributed by atoms with van der Waals surface area (Å²) in [5, 5.41) is 4.64. The summed E-state index contributed by atoms with van der Waals surface area (Å²) in [5.41, 5.74) is 3.99. The zero-order valence-electron chi connectivity index (χ0n) is 20.8. The van der Waals surface area contributed by atoms with Gasteiger partial charge in [-0.3, -0.25) is 4.79 Å². The molecule has 1 aromatic heterocycles. The monoisotopic (exact) mass is 517 g/mol. The molecule has 9 heteroatoms. The molecule has 0 fully saturated rings. The van der Waals surface area contributed by atoms with E-state index in [1.165, 1.54) is 0 Å². The van der Waals surface area contributed by atoms with E-state index >= 15 is 0 Å². The van der Waals surface area contributed by atoms with Crippen molar-refractivity contribution in [3.63, 3.8) is 0 Å². The summed E-state index contributed by atoms with van der Waals surface area (Å²) in [6.07, 6.45) is 0. The molecule has 2 N–H and O–H groups in total. The summed E-state index contributed by atoms with van der Waals surface area (Å²) in [6, 6.07) is 19.2. The van der Waals surface area contributed by atoms with Crippen molar-refractivity contribution in [1.82, 2.24) is 9.88 Å². The van der Waals surface area contributed by atoms with Crippen molar-refractivity contribution < 1.29 is 18.9 Å². The molecule has 5 rings (SSSR count). The number of hydrogen-bond donors (Lipinski definition) is 2. The van der Waals surface area contributed by atoms with Gasteiger partial charge < -0.3 is 34.1 Å².